The van der Waals surface area contributed by atoms with Crippen molar-refractivity contribution in [2.45, 2.75) is 45.6 Å². The van der Waals surface area contributed by atoms with Crippen molar-refractivity contribution in [3.63, 3.8) is 0 Å². The monoisotopic (exact) mass is 293 g/mol. The Bertz CT molecular complexity index is 449. The summed E-state index contributed by atoms with van der Waals surface area (Å²) in [6.07, 6.45) is 5.96. The molecule has 0 saturated heterocycles. The molecule has 1 heterocycles. The van der Waals surface area contributed by atoms with Crippen molar-refractivity contribution in [1.29, 1.82) is 0 Å². The van der Waals surface area contributed by atoms with Gasteiger partial charge in [-0.3, -0.25) is 9.59 Å². The van der Waals surface area contributed by atoms with Crippen LogP contribution < -0.4 is 0 Å². The first kappa shape index (κ1) is 15.6. The number of ether oxygens (including phenoxy) is 1. The second-order valence-corrected chi connectivity index (χ2v) is 5.38. The molecule has 5 nitrogen and oxygen atoms in total. The van der Waals surface area contributed by atoms with Crippen LogP contribution in [0.2, 0.25) is 0 Å². The number of amides is 1. The minimum absolute atomic E-state index is 0.0992. The van der Waals surface area contributed by atoms with Crippen molar-refractivity contribution >= 4 is 11.9 Å². The summed E-state index contributed by atoms with van der Waals surface area (Å²) in [4.78, 5) is 25.8. The summed E-state index contributed by atoms with van der Waals surface area (Å²) >= 11 is 0. The molecule has 1 saturated carbocycles. The Balaban J connectivity index is 1.95. The van der Waals surface area contributed by atoms with Crippen LogP contribution in [0.25, 0.3) is 0 Å². The lowest BCUT2D eigenvalue weighted by Gasteiger charge is -2.24. The van der Waals surface area contributed by atoms with Crippen LogP contribution in [-0.2, 0) is 20.9 Å². The molecule has 2 rings (SSSR count). The average Bonchev–Trinajstić information content (AvgIpc) is 3.16. The minimum Gasteiger partial charge on any atom is -0.467 e. The topological polar surface area (TPSA) is 59.8 Å². The van der Waals surface area contributed by atoms with Gasteiger partial charge in [-0.05, 0) is 31.9 Å². The van der Waals surface area contributed by atoms with E-state index in [9.17, 15) is 9.59 Å². The highest BCUT2D eigenvalue weighted by Gasteiger charge is 2.28. The molecule has 0 aromatic carbocycles. The number of carbonyl (C=O) groups is 2. The van der Waals surface area contributed by atoms with Gasteiger partial charge in [0.2, 0.25) is 5.91 Å². The SMILES string of the molecule is CCOC(=O)CCN(Cc1ccco1)C(=O)C1CCCC1. The van der Waals surface area contributed by atoms with Gasteiger partial charge in [-0.25, -0.2) is 0 Å². The molecule has 116 valence electrons. The van der Waals surface area contributed by atoms with Crippen molar-refractivity contribution in [3.05, 3.63) is 24.2 Å². The predicted octanol–water partition coefficient (Wildman–Crippen LogP) is 2.75. The zero-order chi connectivity index (χ0) is 15.1. The second-order valence-electron chi connectivity index (χ2n) is 5.38. The van der Waals surface area contributed by atoms with Gasteiger partial charge < -0.3 is 14.1 Å². The molecular weight excluding hydrogens is 270 g/mol. The van der Waals surface area contributed by atoms with Gasteiger partial charge in [0.15, 0.2) is 0 Å². The zero-order valence-electron chi connectivity index (χ0n) is 12.5. The Morgan fingerprint density at radius 3 is 2.76 bits per heavy atom. The first-order valence-electron chi connectivity index (χ1n) is 7.67. The van der Waals surface area contributed by atoms with E-state index in [0.717, 1.165) is 31.4 Å². The molecular formula is C16H23NO4. The first-order chi connectivity index (χ1) is 10.2. The highest BCUT2D eigenvalue weighted by molar-refractivity contribution is 5.79. The van der Waals surface area contributed by atoms with Gasteiger partial charge in [-0.1, -0.05) is 12.8 Å². The Hall–Kier alpha value is -1.78. The summed E-state index contributed by atoms with van der Waals surface area (Å²) in [5.74, 6) is 0.710. The molecule has 1 aromatic rings. The fourth-order valence-electron chi connectivity index (χ4n) is 2.75. The molecule has 0 spiro atoms. The lowest BCUT2D eigenvalue weighted by Crippen LogP contribution is -2.36. The molecule has 21 heavy (non-hydrogen) atoms. The highest BCUT2D eigenvalue weighted by atomic mass is 16.5. The maximum absolute atomic E-state index is 12.6. The zero-order valence-corrected chi connectivity index (χ0v) is 12.5. The van der Waals surface area contributed by atoms with E-state index in [1.165, 1.54) is 0 Å². The summed E-state index contributed by atoms with van der Waals surface area (Å²) in [6, 6.07) is 3.65. The van der Waals surface area contributed by atoms with Crippen LogP contribution >= 0.6 is 0 Å². The lowest BCUT2D eigenvalue weighted by molar-refractivity contribution is -0.144. The van der Waals surface area contributed by atoms with E-state index in [-0.39, 0.29) is 24.2 Å². The van der Waals surface area contributed by atoms with Gasteiger partial charge in [0.1, 0.15) is 5.76 Å². The summed E-state index contributed by atoms with van der Waals surface area (Å²) < 4.78 is 10.3. The first-order valence-corrected chi connectivity index (χ1v) is 7.67. The van der Waals surface area contributed by atoms with Gasteiger partial charge in [0.05, 0.1) is 25.8 Å². The Kier molecular flexibility index (Phi) is 5.84. The fraction of sp³-hybridized carbons (Fsp3) is 0.625. The maximum atomic E-state index is 12.6. The highest BCUT2D eigenvalue weighted by Crippen LogP contribution is 2.27. The summed E-state index contributed by atoms with van der Waals surface area (Å²) in [7, 11) is 0. The third kappa shape index (κ3) is 4.62. The Morgan fingerprint density at radius 1 is 1.38 bits per heavy atom. The molecule has 1 aliphatic rings. The Morgan fingerprint density at radius 2 is 2.14 bits per heavy atom. The maximum Gasteiger partial charge on any atom is 0.307 e. The smallest absolute Gasteiger partial charge is 0.307 e. The average molecular weight is 293 g/mol. The Labute approximate surface area is 125 Å². The van der Waals surface area contributed by atoms with Crippen LogP contribution in [0.15, 0.2) is 22.8 Å². The van der Waals surface area contributed by atoms with Gasteiger partial charge >= 0.3 is 5.97 Å². The third-order valence-electron chi connectivity index (χ3n) is 3.83. The number of carbonyl (C=O) groups excluding carboxylic acids is 2. The number of hydrogen-bond donors (Lipinski definition) is 0. The van der Waals surface area contributed by atoms with Gasteiger partial charge in [-0.15, -0.1) is 0 Å². The largest absolute Gasteiger partial charge is 0.467 e. The van der Waals surface area contributed by atoms with Crippen molar-refractivity contribution < 1.29 is 18.7 Å². The number of rotatable bonds is 7. The van der Waals surface area contributed by atoms with E-state index in [4.69, 9.17) is 9.15 Å². The van der Waals surface area contributed by atoms with Crippen LogP contribution in [0, 0.1) is 5.92 Å². The van der Waals surface area contributed by atoms with Crippen molar-refractivity contribution in [3.8, 4) is 0 Å². The molecule has 0 N–H and O–H groups in total. The van der Waals surface area contributed by atoms with Crippen molar-refractivity contribution in [1.82, 2.24) is 4.90 Å². The predicted molar refractivity (Wildman–Crippen MR) is 77.3 cm³/mol. The van der Waals surface area contributed by atoms with Crippen LogP contribution in [0.1, 0.15) is 44.8 Å². The van der Waals surface area contributed by atoms with Crippen LogP contribution in [0.5, 0.6) is 0 Å². The van der Waals surface area contributed by atoms with Crippen LogP contribution in [0.3, 0.4) is 0 Å². The molecule has 5 heteroatoms. The second kappa shape index (κ2) is 7.86. The van der Waals surface area contributed by atoms with E-state index in [2.05, 4.69) is 0 Å². The molecule has 0 atom stereocenters. The number of esters is 1. The minimum atomic E-state index is -0.263. The van der Waals surface area contributed by atoms with E-state index >= 15 is 0 Å². The molecule has 1 fully saturated rings. The van der Waals surface area contributed by atoms with Crippen LogP contribution in [0.4, 0.5) is 0 Å². The summed E-state index contributed by atoms with van der Waals surface area (Å²) in [5, 5.41) is 0. The molecule has 0 unspecified atom stereocenters. The van der Waals surface area contributed by atoms with E-state index < -0.39 is 0 Å². The number of hydrogen-bond acceptors (Lipinski definition) is 4. The van der Waals surface area contributed by atoms with E-state index in [1.807, 2.05) is 6.07 Å². The molecule has 0 bridgehead atoms. The number of nitrogens with zero attached hydrogens (tertiary/aromatic N) is 1. The van der Waals surface area contributed by atoms with E-state index in [1.54, 1.807) is 24.2 Å². The van der Waals surface area contributed by atoms with E-state index in [0.29, 0.717) is 19.7 Å². The third-order valence-corrected chi connectivity index (χ3v) is 3.83. The van der Waals surface area contributed by atoms with Gasteiger partial charge in [0, 0.05) is 12.5 Å². The fourth-order valence-corrected chi connectivity index (χ4v) is 2.75. The summed E-state index contributed by atoms with van der Waals surface area (Å²) in [6.45, 7) is 2.95. The standard InChI is InChI=1S/C16H23NO4/c1-2-20-15(18)9-10-17(12-14-8-5-11-21-14)16(19)13-6-3-4-7-13/h5,8,11,13H,2-4,6-7,9-10,12H2,1H3. The molecule has 1 aromatic heterocycles. The van der Waals surface area contributed by atoms with Crippen molar-refractivity contribution in [2.24, 2.45) is 5.92 Å². The quantitative estimate of drug-likeness (QED) is 0.725. The normalized spacial score (nSPS) is 15.1. The van der Waals surface area contributed by atoms with Crippen LogP contribution in [-0.4, -0.2) is 29.9 Å². The molecule has 0 aliphatic heterocycles. The van der Waals surface area contributed by atoms with Crippen molar-refractivity contribution in [2.75, 3.05) is 13.2 Å². The van der Waals surface area contributed by atoms with Gasteiger partial charge in [0.25, 0.3) is 0 Å². The molecule has 0 radical (unpaired) electrons. The van der Waals surface area contributed by atoms with Gasteiger partial charge in [-0.2, -0.15) is 0 Å². The lowest BCUT2D eigenvalue weighted by atomic mass is 10.1. The summed E-state index contributed by atoms with van der Waals surface area (Å²) in [5.41, 5.74) is 0. The molecule has 1 aliphatic carbocycles. The number of furan rings is 1. The molecule has 1 amide bonds.